The number of ether oxygens (including phenoxy) is 1. The SMILES string of the molecule is CCOc1ccc(-n2cnc3c2CCNC3)cc1. The molecule has 0 aliphatic carbocycles. The van der Waals surface area contributed by atoms with E-state index in [1.165, 1.54) is 5.69 Å². The van der Waals surface area contributed by atoms with Gasteiger partial charge in [0.2, 0.25) is 0 Å². The first-order valence-corrected chi connectivity index (χ1v) is 6.37. The molecule has 4 nitrogen and oxygen atoms in total. The molecule has 0 fully saturated rings. The molecular formula is C14H17N3O. The first-order chi connectivity index (χ1) is 8.88. The Bertz CT molecular complexity index is 530. The Kier molecular flexibility index (Phi) is 3.02. The largest absolute Gasteiger partial charge is 0.494 e. The molecule has 0 unspecified atom stereocenters. The second-order valence-electron chi connectivity index (χ2n) is 4.36. The highest BCUT2D eigenvalue weighted by molar-refractivity contribution is 5.40. The van der Waals surface area contributed by atoms with Gasteiger partial charge in [-0.3, -0.25) is 0 Å². The van der Waals surface area contributed by atoms with Gasteiger partial charge in [-0.2, -0.15) is 0 Å². The number of hydrogen-bond donors (Lipinski definition) is 1. The molecule has 1 aromatic heterocycles. The minimum atomic E-state index is 0.700. The second kappa shape index (κ2) is 4.82. The lowest BCUT2D eigenvalue weighted by atomic mass is 10.1. The zero-order chi connectivity index (χ0) is 12.4. The van der Waals surface area contributed by atoms with Gasteiger partial charge in [-0.05, 0) is 31.2 Å². The molecule has 2 heterocycles. The van der Waals surface area contributed by atoms with Gasteiger partial charge in [0.25, 0.3) is 0 Å². The molecule has 4 heteroatoms. The summed E-state index contributed by atoms with van der Waals surface area (Å²) >= 11 is 0. The summed E-state index contributed by atoms with van der Waals surface area (Å²) in [6.45, 7) is 4.59. The molecule has 0 bridgehead atoms. The molecule has 1 aliphatic heterocycles. The van der Waals surface area contributed by atoms with Crippen LogP contribution in [0, 0.1) is 0 Å². The molecule has 0 radical (unpaired) electrons. The normalized spacial score (nSPS) is 14.3. The maximum atomic E-state index is 5.46. The maximum absolute atomic E-state index is 5.46. The van der Waals surface area contributed by atoms with Crippen LogP contribution in [0.4, 0.5) is 0 Å². The Morgan fingerprint density at radius 3 is 2.94 bits per heavy atom. The number of benzene rings is 1. The number of aromatic nitrogens is 2. The minimum Gasteiger partial charge on any atom is -0.494 e. The third-order valence-electron chi connectivity index (χ3n) is 3.21. The van der Waals surface area contributed by atoms with Gasteiger partial charge >= 0.3 is 0 Å². The fourth-order valence-corrected chi connectivity index (χ4v) is 2.33. The molecular weight excluding hydrogens is 226 g/mol. The van der Waals surface area contributed by atoms with Gasteiger partial charge in [0.15, 0.2) is 0 Å². The van der Waals surface area contributed by atoms with E-state index in [1.54, 1.807) is 0 Å². The van der Waals surface area contributed by atoms with Crippen molar-refractivity contribution in [3.8, 4) is 11.4 Å². The standard InChI is InChI=1S/C14H17N3O/c1-2-18-12-5-3-11(4-6-12)17-10-16-13-9-15-8-7-14(13)17/h3-6,10,15H,2,7-9H2,1H3. The fraction of sp³-hybridized carbons (Fsp3) is 0.357. The van der Waals surface area contributed by atoms with Crippen molar-refractivity contribution in [3.05, 3.63) is 42.0 Å². The average molecular weight is 243 g/mol. The van der Waals surface area contributed by atoms with Crippen LogP contribution in [-0.2, 0) is 13.0 Å². The van der Waals surface area contributed by atoms with Crippen LogP contribution >= 0.6 is 0 Å². The van der Waals surface area contributed by atoms with Crippen molar-refractivity contribution in [3.63, 3.8) is 0 Å². The van der Waals surface area contributed by atoms with Gasteiger partial charge in [0.1, 0.15) is 5.75 Å². The van der Waals surface area contributed by atoms with Crippen molar-refractivity contribution in [1.29, 1.82) is 0 Å². The van der Waals surface area contributed by atoms with Crippen LogP contribution in [0.25, 0.3) is 5.69 Å². The number of imidazole rings is 1. The Morgan fingerprint density at radius 2 is 2.17 bits per heavy atom. The van der Waals surface area contributed by atoms with E-state index in [9.17, 15) is 0 Å². The fourth-order valence-electron chi connectivity index (χ4n) is 2.33. The Balaban J connectivity index is 1.92. The van der Waals surface area contributed by atoms with Crippen LogP contribution in [-0.4, -0.2) is 22.7 Å². The van der Waals surface area contributed by atoms with Gasteiger partial charge in [0.05, 0.1) is 18.6 Å². The summed E-state index contributed by atoms with van der Waals surface area (Å²) in [4.78, 5) is 4.46. The quantitative estimate of drug-likeness (QED) is 0.895. The van der Waals surface area contributed by atoms with Crippen LogP contribution in [0.5, 0.6) is 5.75 Å². The lowest BCUT2D eigenvalue weighted by Gasteiger charge is -2.15. The van der Waals surface area contributed by atoms with E-state index in [1.807, 2.05) is 25.4 Å². The lowest BCUT2D eigenvalue weighted by molar-refractivity contribution is 0.340. The predicted octanol–water partition coefficient (Wildman–Crippen LogP) is 1.92. The van der Waals surface area contributed by atoms with Crippen LogP contribution in [0.3, 0.4) is 0 Å². The first kappa shape index (κ1) is 11.3. The van der Waals surface area contributed by atoms with E-state index in [0.717, 1.165) is 36.6 Å². The topological polar surface area (TPSA) is 39.1 Å². The summed E-state index contributed by atoms with van der Waals surface area (Å²) in [6.07, 6.45) is 2.94. The number of fused-ring (bicyclic) bond motifs is 1. The highest BCUT2D eigenvalue weighted by atomic mass is 16.5. The highest BCUT2D eigenvalue weighted by Crippen LogP contribution is 2.20. The summed E-state index contributed by atoms with van der Waals surface area (Å²) in [5.41, 5.74) is 3.63. The van der Waals surface area contributed by atoms with Gasteiger partial charge in [-0.25, -0.2) is 4.98 Å². The third-order valence-corrected chi connectivity index (χ3v) is 3.21. The van der Waals surface area contributed by atoms with E-state index in [-0.39, 0.29) is 0 Å². The number of nitrogens with zero attached hydrogens (tertiary/aromatic N) is 2. The van der Waals surface area contributed by atoms with Crippen molar-refractivity contribution >= 4 is 0 Å². The summed E-state index contributed by atoms with van der Waals surface area (Å²) in [5, 5.41) is 3.34. The van der Waals surface area contributed by atoms with E-state index < -0.39 is 0 Å². The van der Waals surface area contributed by atoms with Gasteiger partial charge < -0.3 is 14.6 Å². The van der Waals surface area contributed by atoms with Crippen molar-refractivity contribution < 1.29 is 4.74 Å². The molecule has 2 aromatic rings. The summed E-state index contributed by atoms with van der Waals surface area (Å²) in [7, 11) is 0. The average Bonchev–Trinajstić information content (AvgIpc) is 2.84. The van der Waals surface area contributed by atoms with Crippen LogP contribution in [0.2, 0.25) is 0 Å². The minimum absolute atomic E-state index is 0.700. The summed E-state index contributed by atoms with van der Waals surface area (Å²) in [6, 6.07) is 8.17. The van der Waals surface area contributed by atoms with Gasteiger partial charge in [-0.15, -0.1) is 0 Å². The van der Waals surface area contributed by atoms with Crippen LogP contribution < -0.4 is 10.1 Å². The first-order valence-electron chi connectivity index (χ1n) is 6.37. The molecule has 18 heavy (non-hydrogen) atoms. The second-order valence-corrected chi connectivity index (χ2v) is 4.36. The molecule has 0 saturated heterocycles. The molecule has 1 N–H and O–H groups in total. The van der Waals surface area contributed by atoms with E-state index >= 15 is 0 Å². The summed E-state index contributed by atoms with van der Waals surface area (Å²) in [5.74, 6) is 0.914. The molecule has 0 atom stereocenters. The molecule has 94 valence electrons. The Morgan fingerprint density at radius 1 is 1.33 bits per heavy atom. The smallest absolute Gasteiger partial charge is 0.119 e. The molecule has 0 spiro atoms. The van der Waals surface area contributed by atoms with E-state index in [0.29, 0.717) is 6.61 Å². The number of rotatable bonds is 3. The summed E-state index contributed by atoms with van der Waals surface area (Å²) < 4.78 is 7.63. The molecule has 1 aromatic carbocycles. The molecule has 3 rings (SSSR count). The van der Waals surface area contributed by atoms with Crippen molar-refractivity contribution in [1.82, 2.24) is 14.9 Å². The zero-order valence-corrected chi connectivity index (χ0v) is 10.5. The predicted molar refractivity (Wildman–Crippen MR) is 70.1 cm³/mol. The van der Waals surface area contributed by atoms with Crippen molar-refractivity contribution in [2.24, 2.45) is 0 Å². The Hall–Kier alpha value is -1.81. The molecule has 0 amide bonds. The van der Waals surface area contributed by atoms with Gasteiger partial charge in [-0.1, -0.05) is 0 Å². The molecule has 0 saturated carbocycles. The lowest BCUT2D eigenvalue weighted by Crippen LogP contribution is -2.24. The van der Waals surface area contributed by atoms with Crippen molar-refractivity contribution in [2.45, 2.75) is 19.9 Å². The zero-order valence-electron chi connectivity index (χ0n) is 10.5. The van der Waals surface area contributed by atoms with Gasteiger partial charge in [0, 0.05) is 30.9 Å². The Labute approximate surface area is 107 Å². The highest BCUT2D eigenvalue weighted by Gasteiger charge is 2.15. The van der Waals surface area contributed by atoms with E-state index in [4.69, 9.17) is 4.74 Å². The third kappa shape index (κ3) is 1.99. The maximum Gasteiger partial charge on any atom is 0.119 e. The van der Waals surface area contributed by atoms with E-state index in [2.05, 4.69) is 27.0 Å². The van der Waals surface area contributed by atoms with Crippen LogP contribution in [0.15, 0.2) is 30.6 Å². The molecule has 1 aliphatic rings. The monoisotopic (exact) mass is 243 g/mol. The number of nitrogens with one attached hydrogen (secondary N) is 1. The number of hydrogen-bond acceptors (Lipinski definition) is 3. The van der Waals surface area contributed by atoms with Crippen LogP contribution in [0.1, 0.15) is 18.3 Å². The van der Waals surface area contributed by atoms with Crippen molar-refractivity contribution in [2.75, 3.05) is 13.2 Å².